The lowest BCUT2D eigenvalue weighted by molar-refractivity contribution is -0.147. The zero-order valence-electron chi connectivity index (χ0n) is 20.8. The maximum absolute atomic E-state index is 13.2. The van der Waals surface area contributed by atoms with Crippen LogP contribution in [0.2, 0.25) is 5.82 Å². The molecule has 0 aromatic heterocycles. The molecule has 2 aliphatic rings. The highest BCUT2D eigenvalue weighted by Crippen LogP contribution is 2.19. The minimum atomic E-state index is -0.990. The largest absolute Gasteiger partial charge is 0.494 e. The Bertz CT molecular complexity index is 807. The number of benzene rings is 1. The van der Waals surface area contributed by atoms with Crippen LogP contribution >= 0.6 is 0 Å². The van der Waals surface area contributed by atoms with Gasteiger partial charge in [-0.25, -0.2) is 4.79 Å². The van der Waals surface area contributed by atoms with Crippen molar-refractivity contribution in [3.8, 4) is 5.75 Å². The molecule has 11 heteroatoms. The average Bonchev–Trinajstić information content (AvgIpc) is 2.84. The van der Waals surface area contributed by atoms with Gasteiger partial charge in [-0.05, 0) is 49.3 Å². The molecule has 2 bridgehead atoms. The predicted molar refractivity (Wildman–Crippen MR) is 131 cm³/mol. The molecule has 0 saturated carbocycles. The van der Waals surface area contributed by atoms with Gasteiger partial charge >= 0.3 is 13.5 Å². The molecule has 1 radical (unpaired) electrons. The smallest absolute Gasteiger partial charge is 0.330 e. The van der Waals surface area contributed by atoms with Crippen molar-refractivity contribution < 1.29 is 33.2 Å². The Balaban J connectivity index is 2.27. The Hall–Kier alpha value is -2.63. The fourth-order valence-corrected chi connectivity index (χ4v) is 3.61. The average molecular weight is 490 g/mol. The third-order valence-electron chi connectivity index (χ3n) is 5.45. The highest BCUT2D eigenvalue weighted by molar-refractivity contribution is 6.37. The molecule has 4 N–H and O–H groups in total. The van der Waals surface area contributed by atoms with Crippen LogP contribution in [0.5, 0.6) is 5.75 Å². The van der Waals surface area contributed by atoms with E-state index in [1.54, 1.807) is 0 Å². The van der Waals surface area contributed by atoms with Crippen molar-refractivity contribution in [2.45, 2.75) is 57.4 Å². The van der Waals surface area contributed by atoms with Gasteiger partial charge in [-0.3, -0.25) is 9.59 Å². The second-order valence-electron chi connectivity index (χ2n) is 8.83. The second-order valence-corrected chi connectivity index (χ2v) is 8.83. The molecule has 3 atom stereocenters. The monoisotopic (exact) mass is 490 g/mol. The Labute approximate surface area is 207 Å². The number of nitrogens with one attached hydrogen (secondary N) is 2. The van der Waals surface area contributed by atoms with E-state index in [4.69, 9.17) is 24.6 Å². The van der Waals surface area contributed by atoms with Crippen molar-refractivity contribution in [1.82, 2.24) is 10.6 Å². The van der Waals surface area contributed by atoms with Gasteiger partial charge in [0.15, 0.2) is 6.04 Å². The van der Waals surface area contributed by atoms with Crippen LogP contribution in [-0.2, 0) is 34.9 Å². The van der Waals surface area contributed by atoms with Crippen LogP contribution in [0.3, 0.4) is 0 Å². The Morgan fingerprint density at radius 2 is 1.86 bits per heavy atom. The number of nitrogens with two attached hydrogens (primary N) is 1. The molecular formula is C24H37BN3O7. The van der Waals surface area contributed by atoms with Gasteiger partial charge < -0.3 is 35.2 Å². The summed E-state index contributed by atoms with van der Waals surface area (Å²) >= 11 is 0. The first-order chi connectivity index (χ1) is 16.8. The normalized spacial score (nSPS) is 22.7. The fourth-order valence-electron chi connectivity index (χ4n) is 3.61. The molecule has 0 spiro atoms. The molecule has 0 aliphatic carbocycles. The third-order valence-corrected chi connectivity index (χ3v) is 5.45. The summed E-state index contributed by atoms with van der Waals surface area (Å²) in [5.41, 5.74) is 6.36. The maximum atomic E-state index is 13.2. The van der Waals surface area contributed by atoms with E-state index in [-0.39, 0.29) is 25.2 Å². The van der Waals surface area contributed by atoms with E-state index in [2.05, 4.69) is 10.6 Å². The molecule has 2 aliphatic heterocycles. The summed E-state index contributed by atoms with van der Waals surface area (Å²) in [6, 6.07) is 5.64. The van der Waals surface area contributed by atoms with Gasteiger partial charge in [-0.1, -0.05) is 26.0 Å². The topological polar surface area (TPSA) is 138 Å². The second kappa shape index (κ2) is 15.4. The first kappa shape index (κ1) is 28.6. The van der Waals surface area contributed by atoms with E-state index in [0.29, 0.717) is 26.1 Å². The van der Waals surface area contributed by atoms with Crippen LogP contribution in [0.25, 0.3) is 0 Å². The number of hydrogen-bond donors (Lipinski definition) is 3. The highest BCUT2D eigenvalue weighted by Gasteiger charge is 2.30. The van der Waals surface area contributed by atoms with Crippen molar-refractivity contribution in [2.75, 3.05) is 33.7 Å². The summed E-state index contributed by atoms with van der Waals surface area (Å²) in [7, 11) is 2.63. The molecule has 2 amide bonds. The van der Waals surface area contributed by atoms with Crippen molar-refractivity contribution in [1.29, 1.82) is 0 Å². The number of carbonyl (C=O) groups is 3. The van der Waals surface area contributed by atoms with Crippen LogP contribution in [0.1, 0.15) is 38.7 Å². The molecule has 35 heavy (non-hydrogen) atoms. The van der Waals surface area contributed by atoms with Crippen molar-refractivity contribution >= 4 is 25.3 Å². The highest BCUT2D eigenvalue weighted by atomic mass is 16.5. The van der Waals surface area contributed by atoms with E-state index in [0.717, 1.165) is 24.2 Å². The molecule has 1 aromatic carbocycles. The molecule has 0 saturated heterocycles. The van der Waals surface area contributed by atoms with Gasteiger partial charge in [-0.2, -0.15) is 0 Å². The van der Waals surface area contributed by atoms with Crippen molar-refractivity contribution in [3.05, 3.63) is 29.8 Å². The van der Waals surface area contributed by atoms with Gasteiger partial charge in [-0.15, -0.1) is 0 Å². The fraction of sp³-hybridized carbons (Fsp3) is 0.625. The Morgan fingerprint density at radius 1 is 1.14 bits per heavy atom. The number of carbonyl (C=O) groups excluding carboxylic acids is 3. The molecule has 10 nitrogen and oxygen atoms in total. The summed E-state index contributed by atoms with van der Waals surface area (Å²) in [5, 5.41) is 5.49. The van der Waals surface area contributed by atoms with Gasteiger partial charge in [0.25, 0.3) is 0 Å². The standard InChI is InChI=1S/C24H37BN3O7/c1-16(2)12-20-23(30)28-21(24(31)32-3)14-33-10-4-5-11-34-18-8-6-17(7-9-18)13-19(22(29)27-20)25-35-15-26/h6-9,16,19-21H,4-5,10-15,26H2,1-3H3,(H,27,29)(H,28,30)/t19-,20-,21-/m0/s1. The lowest BCUT2D eigenvalue weighted by Crippen LogP contribution is -2.54. The molecule has 2 heterocycles. The summed E-state index contributed by atoms with van der Waals surface area (Å²) in [6.45, 7) is 4.69. The Morgan fingerprint density at radius 3 is 2.51 bits per heavy atom. The summed E-state index contributed by atoms with van der Waals surface area (Å²) in [6.07, 6.45) is 2.22. The van der Waals surface area contributed by atoms with E-state index >= 15 is 0 Å². The summed E-state index contributed by atoms with van der Waals surface area (Å²) in [5.74, 6) is -1.34. The van der Waals surface area contributed by atoms with Crippen LogP contribution in [0.15, 0.2) is 24.3 Å². The van der Waals surface area contributed by atoms with Crippen LogP contribution in [0.4, 0.5) is 0 Å². The molecule has 0 unspecified atom stereocenters. The number of hydrogen-bond acceptors (Lipinski definition) is 8. The molecule has 0 fully saturated rings. The minimum absolute atomic E-state index is 0.0382. The first-order valence-corrected chi connectivity index (χ1v) is 12.0. The van der Waals surface area contributed by atoms with Gasteiger partial charge in [0.1, 0.15) is 11.8 Å². The van der Waals surface area contributed by atoms with E-state index < -0.39 is 29.8 Å². The molecule has 3 rings (SSSR count). The van der Waals surface area contributed by atoms with Crippen LogP contribution in [0, 0.1) is 5.92 Å². The number of rotatable bonds is 6. The van der Waals surface area contributed by atoms with Gasteiger partial charge in [0.05, 0.1) is 27.1 Å². The van der Waals surface area contributed by atoms with E-state index in [1.807, 2.05) is 38.1 Å². The zero-order chi connectivity index (χ0) is 25.6. The van der Waals surface area contributed by atoms with E-state index in [1.165, 1.54) is 14.6 Å². The number of methoxy groups -OCH3 is 1. The SMILES string of the molecule is COC(=O)[C@@H]1COCCCCOc2ccc(cc2)C[C@H]([B]OCN)C(=O)N[C@@H](CC(C)C)C(=O)N1. The van der Waals surface area contributed by atoms with Crippen LogP contribution in [-0.4, -0.2) is 71.0 Å². The van der Waals surface area contributed by atoms with E-state index in [9.17, 15) is 14.4 Å². The van der Waals surface area contributed by atoms with Crippen molar-refractivity contribution in [3.63, 3.8) is 0 Å². The number of ether oxygens (including phenoxy) is 3. The lowest BCUT2D eigenvalue weighted by atomic mass is 9.75. The number of amides is 2. The maximum Gasteiger partial charge on any atom is 0.330 e. The van der Waals surface area contributed by atoms with Gasteiger partial charge in [0, 0.05) is 12.4 Å². The van der Waals surface area contributed by atoms with Crippen molar-refractivity contribution in [2.24, 2.45) is 11.7 Å². The molecular weight excluding hydrogens is 453 g/mol. The predicted octanol–water partition coefficient (Wildman–Crippen LogP) is 0.948. The summed E-state index contributed by atoms with van der Waals surface area (Å²) in [4.78, 5) is 38.5. The van der Waals surface area contributed by atoms with Crippen LogP contribution < -0.4 is 21.1 Å². The first-order valence-electron chi connectivity index (χ1n) is 12.0. The molecule has 1 aromatic rings. The number of fused-ring (bicyclic) bond motifs is 16. The Kier molecular flexibility index (Phi) is 12.6. The summed E-state index contributed by atoms with van der Waals surface area (Å²) < 4.78 is 21.4. The molecule has 193 valence electrons. The number of esters is 1. The van der Waals surface area contributed by atoms with Gasteiger partial charge in [0.2, 0.25) is 11.8 Å². The minimum Gasteiger partial charge on any atom is -0.494 e. The quantitative estimate of drug-likeness (QED) is 0.232. The zero-order valence-corrected chi connectivity index (χ0v) is 20.8. The lowest BCUT2D eigenvalue weighted by Gasteiger charge is -2.25. The third kappa shape index (κ3) is 10.3.